The van der Waals surface area contributed by atoms with E-state index in [2.05, 4.69) is 11.8 Å². The minimum absolute atomic E-state index is 0.00671. The number of carbonyl (C=O) groups excluding carboxylic acids is 3. The van der Waals surface area contributed by atoms with E-state index in [1.807, 2.05) is 0 Å². The number of methoxy groups -OCH3 is 1. The largest absolute Gasteiger partial charge is 0.510 e. The van der Waals surface area contributed by atoms with Crippen molar-refractivity contribution >= 4 is 17.5 Å². The molecule has 0 spiro atoms. The number of phenolic OH excluding ortho intramolecular Hbond substituents is 1. The number of benzene rings is 2. The molecule has 3 aliphatic rings. The summed E-state index contributed by atoms with van der Waals surface area (Å²) in [5, 5.41) is 44.6. The second-order valence-electron chi connectivity index (χ2n) is 10.4. The molecule has 0 heterocycles. The number of hydrogen-bond donors (Lipinski definition) is 5. The number of primary amides is 1. The lowest BCUT2D eigenvalue weighted by Gasteiger charge is -2.50. The highest BCUT2D eigenvalue weighted by molar-refractivity contribution is 6.24. The molecule has 3 aliphatic carbocycles. The number of amides is 1. The van der Waals surface area contributed by atoms with Crippen molar-refractivity contribution < 1.29 is 39.5 Å². The van der Waals surface area contributed by atoms with Crippen molar-refractivity contribution in [2.45, 2.75) is 24.5 Å². The Morgan fingerprint density at radius 1 is 1.07 bits per heavy atom. The SMILES string of the molecule is COc1ccc(C#Cc2ccc(O)c3c2C[C@H]2C[C@@H]4[C@H](N(C)C)C(O)=C(C(N)=O)C(=O)[C@@]4(O)C(O)=C2C3=O)cc1. The van der Waals surface area contributed by atoms with Gasteiger partial charge >= 0.3 is 0 Å². The number of aliphatic hydroxyl groups is 3. The van der Waals surface area contributed by atoms with Gasteiger partial charge in [0.15, 0.2) is 11.4 Å². The predicted molar refractivity (Wildman–Crippen MR) is 143 cm³/mol. The zero-order chi connectivity index (χ0) is 29.1. The van der Waals surface area contributed by atoms with E-state index in [0.717, 1.165) is 0 Å². The predicted octanol–water partition coefficient (Wildman–Crippen LogP) is 1.53. The summed E-state index contributed by atoms with van der Waals surface area (Å²) in [7, 11) is 4.72. The molecule has 0 fully saturated rings. The van der Waals surface area contributed by atoms with E-state index < -0.39 is 58.0 Å². The quantitative estimate of drug-likeness (QED) is 0.284. The summed E-state index contributed by atoms with van der Waals surface area (Å²) in [4.78, 5) is 40.7. The lowest BCUT2D eigenvalue weighted by Crippen LogP contribution is -2.63. The van der Waals surface area contributed by atoms with E-state index in [4.69, 9.17) is 10.5 Å². The third-order valence-corrected chi connectivity index (χ3v) is 8.04. The fraction of sp³-hybridized carbons (Fsp3) is 0.300. The Labute approximate surface area is 230 Å². The number of Topliss-reactive ketones (excluding diaryl/α,β-unsaturated/α-hetero) is 2. The molecule has 0 unspecified atom stereocenters. The number of fused-ring (bicyclic) bond motifs is 3. The summed E-state index contributed by atoms with van der Waals surface area (Å²) in [5.41, 5.74) is 3.22. The second kappa shape index (κ2) is 9.55. The van der Waals surface area contributed by atoms with Crippen LogP contribution in [0.3, 0.4) is 0 Å². The number of likely N-dealkylation sites (N-methyl/N-ethyl adjacent to an activating group) is 1. The highest BCUT2D eigenvalue weighted by Gasteiger charge is 2.63. The highest BCUT2D eigenvalue weighted by atomic mass is 16.5. The number of hydrogen-bond acceptors (Lipinski definition) is 9. The Morgan fingerprint density at radius 2 is 1.75 bits per heavy atom. The van der Waals surface area contributed by atoms with Gasteiger partial charge in [-0.25, -0.2) is 0 Å². The standard InChI is InChI=1S/C30H28N2O8/c1-32(2)24-19-13-16-12-18-15(7-4-14-5-9-17(40-3)10-6-14)8-11-20(33)22(18)25(34)21(16)27(36)30(19,39)28(37)23(26(24)35)29(31)38/h5-6,8-11,16,19,24,33,35-36,39H,12-13H2,1-3H3,(H2,31,38)/t16-,19+,24-,30-/m0/s1. The van der Waals surface area contributed by atoms with Crippen LogP contribution >= 0.6 is 0 Å². The molecule has 0 saturated heterocycles. The van der Waals surface area contributed by atoms with Crippen LogP contribution in [-0.2, 0) is 16.0 Å². The van der Waals surface area contributed by atoms with Crippen LogP contribution in [0.5, 0.6) is 11.5 Å². The molecular weight excluding hydrogens is 516 g/mol. The van der Waals surface area contributed by atoms with Crippen molar-refractivity contribution in [3.63, 3.8) is 0 Å². The summed E-state index contributed by atoms with van der Waals surface area (Å²) in [5.74, 6) is -0.122. The molecule has 0 saturated carbocycles. The van der Waals surface area contributed by atoms with E-state index in [9.17, 15) is 34.8 Å². The third kappa shape index (κ3) is 3.86. The monoisotopic (exact) mass is 544 g/mol. The van der Waals surface area contributed by atoms with Crippen molar-refractivity contribution in [3.8, 4) is 23.3 Å². The van der Waals surface area contributed by atoms with Crippen LogP contribution in [-0.4, -0.2) is 75.6 Å². The lowest BCUT2D eigenvalue weighted by molar-refractivity contribution is -0.148. The highest BCUT2D eigenvalue weighted by Crippen LogP contribution is 2.52. The Kier molecular flexibility index (Phi) is 6.45. The molecule has 6 N–H and O–H groups in total. The molecule has 1 amide bonds. The van der Waals surface area contributed by atoms with Gasteiger partial charge in [-0.2, -0.15) is 0 Å². The van der Waals surface area contributed by atoms with E-state index in [1.54, 1.807) is 51.5 Å². The maximum atomic E-state index is 13.8. The van der Waals surface area contributed by atoms with Crippen molar-refractivity contribution in [2.75, 3.05) is 21.2 Å². The van der Waals surface area contributed by atoms with E-state index in [0.29, 0.717) is 22.4 Å². The van der Waals surface area contributed by atoms with Gasteiger partial charge < -0.3 is 30.9 Å². The van der Waals surface area contributed by atoms with Crippen LogP contribution in [0.1, 0.15) is 33.5 Å². The maximum absolute atomic E-state index is 13.8. The number of rotatable bonds is 3. The summed E-state index contributed by atoms with van der Waals surface area (Å²) < 4.78 is 5.17. The van der Waals surface area contributed by atoms with E-state index >= 15 is 0 Å². The number of nitrogens with two attached hydrogens (primary N) is 1. The molecule has 0 aromatic heterocycles. The van der Waals surface area contributed by atoms with Crippen molar-refractivity contribution in [1.82, 2.24) is 4.90 Å². The van der Waals surface area contributed by atoms with Crippen LogP contribution in [0.25, 0.3) is 0 Å². The first-order chi connectivity index (χ1) is 18.9. The number of aliphatic hydroxyl groups excluding tert-OH is 2. The van der Waals surface area contributed by atoms with Gasteiger partial charge in [-0.05, 0) is 74.8 Å². The molecule has 10 heteroatoms. The van der Waals surface area contributed by atoms with E-state index in [-0.39, 0.29) is 29.7 Å². The van der Waals surface area contributed by atoms with Gasteiger partial charge in [0.1, 0.15) is 28.6 Å². The van der Waals surface area contributed by atoms with Gasteiger partial charge in [0.05, 0.1) is 18.7 Å². The fourth-order valence-electron chi connectivity index (χ4n) is 6.18. The van der Waals surface area contributed by atoms with Gasteiger partial charge in [0.25, 0.3) is 5.91 Å². The number of aromatic hydroxyl groups is 1. The molecule has 0 bridgehead atoms. The maximum Gasteiger partial charge on any atom is 0.255 e. The van der Waals surface area contributed by atoms with Crippen LogP contribution in [0, 0.1) is 23.7 Å². The lowest BCUT2D eigenvalue weighted by atomic mass is 9.58. The number of carbonyl (C=O) groups is 3. The van der Waals surface area contributed by atoms with Gasteiger partial charge in [-0.15, -0.1) is 0 Å². The smallest absolute Gasteiger partial charge is 0.255 e. The summed E-state index contributed by atoms with van der Waals surface area (Å²) >= 11 is 0. The molecule has 2 aromatic carbocycles. The number of ketones is 2. The molecular formula is C30H28N2O8. The van der Waals surface area contributed by atoms with Crippen molar-refractivity contribution in [2.24, 2.45) is 17.6 Å². The van der Waals surface area contributed by atoms with Gasteiger partial charge in [0.2, 0.25) is 5.78 Å². The molecule has 0 aliphatic heterocycles. The number of phenols is 1. The Balaban J connectivity index is 1.64. The topological polar surface area (TPSA) is 171 Å². The van der Waals surface area contributed by atoms with Crippen molar-refractivity contribution in [3.05, 3.63) is 81.3 Å². The number of ether oxygens (including phenoxy) is 1. The first-order valence-corrected chi connectivity index (χ1v) is 12.6. The zero-order valence-electron chi connectivity index (χ0n) is 22.1. The Bertz CT molecular complexity index is 1590. The Hall–Kier alpha value is -4.59. The molecule has 206 valence electrons. The van der Waals surface area contributed by atoms with Crippen molar-refractivity contribution in [1.29, 1.82) is 0 Å². The average Bonchev–Trinajstić information content (AvgIpc) is 2.90. The minimum Gasteiger partial charge on any atom is -0.510 e. The summed E-state index contributed by atoms with van der Waals surface area (Å²) in [6, 6.07) is 8.98. The molecule has 0 radical (unpaired) electrons. The normalized spacial score (nSPS) is 25.6. The fourth-order valence-corrected chi connectivity index (χ4v) is 6.18. The van der Waals surface area contributed by atoms with Gasteiger partial charge in [0, 0.05) is 22.6 Å². The minimum atomic E-state index is -2.67. The molecule has 10 nitrogen and oxygen atoms in total. The van der Waals surface area contributed by atoms with Gasteiger partial charge in [-0.3, -0.25) is 19.3 Å². The first kappa shape index (κ1) is 27.0. The second-order valence-corrected chi connectivity index (χ2v) is 10.4. The molecule has 40 heavy (non-hydrogen) atoms. The Morgan fingerprint density at radius 3 is 2.35 bits per heavy atom. The van der Waals surface area contributed by atoms with E-state index in [1.165, 1.54) is 11.0 Å². The zero-order valence-corrected chi connectivity index (χ0v) is 22.1. The summed E-state index contributed by atoms with van der Waals surface area (Å²) in [6.07, 6.45) is 0.169. The van der Waals surface area contributed by atoms with Crippen LogP contribution in [0.15, 0.2) is 59.1 Å². The van der Waals surface area contributed by atoms with Crippen LogP contribution < -0.4 is 10.5 Å². The van der Waals surface area contributed by atoms with Crippen LogP contribution in [0.2, 0.25) is 0 Å². The number of allylic oxidation sites excluding steroid dienone is 1. The average molecular weight is 545 g/mol. The van der Waals surface area contributed by atoms with Crippen LogP contribution in [0.4, 0.5) is 0 Å². The molecule has 5 rings (SSSR count). The third-order valence-electron chi connectivity index (χ3n) is 8.04. The summed E-state index contributed by atoms with van der Waals surface area (Å²) in [6.45, 7) is 0. The first-order valence-electron chi connectivity index (χ1n) is 12.6. The number of nitrogens with zero attached hydrogens (tertiary/aromatic N) is 1. The van der Waals surface area contributed by atoms with Gasteiger partial charge in [-0.1, -0.05) is 11.8 Å². The molecule has 4 atom stereocenters. The molecule has 2 aromatic rings.